The van der Waals surface area contributed by atoms with E-state index in [9.17, 15) is 9.18 Å². The third-order valence-corrected chi connectivity index (χ3v) is 5.40. The van der Waals surface area contributed by atoms with Crippen LogP contribution in [0.3, 0.4) is 0 Å². The van der Waals surface area contributed by atoms with Crippen LogP contribution in [0.2, 0.25) is 0 Å². The van der Waals surface area contributed by atoms with E-state index in [1.165, 1.54) is 6.07 Å². The largest absolute Gasteiger partial charge is 0.367 e. The van der Waals surface area contributed by atoms with Crippen molar-refractivity contribution in [1.29, 1.82) is 0 Å². The quantitative estimate of drug-likeness (QED) is 0.623. The van der Waals surface area contributed by atoms with Gasteiger partial charge >= 0.3 is 6.03 Å². The summed E-state index contributed by atoms with van der Waals surface area (Å²) in [6, 6.07) is 14.3. The lowest BCUT2D eigenvalue weighted by Crippen LogP contribution is -2.42. The molecule has 0 bridgehead atoms. The van der Waals surface area contributed by atoms with Gasteiger partial charge in [-0.1, -0.05) is 41.6 Å². The molecule has 0 spiro atoms. The minimum atomic E-state index is -0.344. The Labute approximate surface area is 180 Å². The predicted octanol–water partition coefficient (Wildman–Crippen LogP) is 4.65. The Morgan fingerprint density at radius 2 is 2.06 bits per heavy atom. The van der Waals surface area contributed by atoms with Crippen LogP contribution in [0.5, 0.6) is 0 Å². The van der Waals surface area contributed by atoms with E-state index in [1.54, 1.807) is 24.0 Å². The van der Waals surface area contributed by atoms with Crippen LogP contribution >= 0.6 is 0 Å². The van der Waals surface area contributed by atoms with Gasteiger partial charge in [0.15, 0.2) is 5.82 Å². The third kappa shape index (κ3) is 5.27. The maximum Gasteiger partial charge on any atom is 0.321 e. The SMILES string of the molecule is Cc1c(F)cccc1NC(=O)N1CCCC(c2noc(COCc3ccccc3)n2)C1. The van der Waals surface area contributed by atoms with Gasteiger partial charge in [0.05, 0.1) is 6.61 Å². The highest BCUT2D eigenvalue weighted by molar-refractivity contribution is 5.90. The molecule has 1 unspecified atom stereocenters. The number of hydrogen-bond acceptors (Lipinski definition) is 5. The van der Waals surface area contributed by atoms with E-state index in [2.05, 4.69) is 15.5 Å². The Bertz CT molecular complexity index is 1020. The van der Waals surface area contributed by atoms with Gasteiger partial charge in [-0.3, -0.25) is 0 Å². The number of urea groups is 1. The van der Waals surface area contributed by atoms with Gasteiger partial charge in [0.2, 0.25) is 0 Å². The van der Waals surface area contributed by atoms with Crippen LogP contribution < -0.4 is 5.32 Å². The highest BCUT2D eigenvalue weighted by atomic mass is 19.1. The number of carbonyl (C=O) groups excluding carboxylic acids is 1. The van der Waals surface area contributed by atoms with Crippen molar-refractivity contribution < 1.29 is 18.4 Å². The molecule has 0 aliphatic carbocycles. The summed E-state index contributed by atoms with van der Waals surface area (Å²) >= 11 is 0. The smallest absolute Gasteiger partial charge is 0.321 e. The van der Waals surface area contributed by atoms with Crippen LogP contribution in [0.4, 0.5) is 14.9 Å². The van der Waals surface area contributed by atoms with Crippen LogP contribution in [0.1, 0.15) is 41.6 Å². The van der Waals surface area contributed by atoms with E-state index < -0.39 is 0 Å². The minimum absolute atomic E-state index is 0.0141. The Morgan fingerprint density at radius 3 is 2.90 bits per heavy atom. The van der Waals surface area contributed by atoms with Gasteiger partial charge in [0.25, 0.3) is 5.89 Å². The maximum atomic E-state index is 13.7. The van der Waals surface area contributed by atoms with Crippen molar-refractivity contribution in [3.63, 3.8) is 0 Å². The summed E-state index contributed by atoms with van der Waals surface area (Å²) in [7, 11) is 0. The normalized spacial score (nSPS) is 16.3. The second-order valence-electron chi connectivity index (χ2n) is 7.65. The summed E-state index contributed by atoms with van der Waals surface area (Å²) in [5, 5.41) is 6.90. The van der Waals surface area contributed by atoms with Gasteiger partial charge in [-0.05, 0) is 37.5 Å². The van der Waals surface area contributed by atoms with Crippen LogP contribution in [-0.2, 0) is 18.0 Å². The second-order valence-corrected chi connectivity index (χ2v) is 7.65. The Morgan fingerprint density at radius 1 is 1.23 bits per heavy atom. The van der Waals surface area contributed by atoms with E-state index in [0.29, 0.717) is 42.7 Å². The molecule has 1 fully saturated rings. The number of ether oxygens (including phenoxy) is 1. The molecule has 2 amide bonds. The summed E-state index contributed by atoms with van der Waals surface area (Å²) < 4.78 is 24.7. The maximum absolute atomic E-state index is 13.7. The Hall–Kier alpha value is -3.26. The number of likely N-dealkylation sites (tertiary alicyclic amines) is 1. The fourth-order valence-corrected chi connectivity index (χ4v) is 3.63. The van der Waals surface area contributed by atoms with E-state index >= 15 is 0 Å². The number of aromatic nitrogens is 2. The standard InChI is InChI=1S/C23H25FN4O3/c1-16-19(24)10-5-11-20(16)25-23(29)28-12-6-9-18(13-28)22-26-21(31-27-22)15-30-14-17-7-3-2-4-8-17/h2-5,7-8,10-11,18H,6,9,12-15H2,1H3,(H,25,29). The predicted molar refractivity (Wildman–Crippen MR) is 113 cm³/mol. The lowest BCUT2D eigenvalue weighted by atomic mass is 9.97. The van der Waals surface area contributed by atoms with Crippen LogP contribution in [0.15, 0.2) is 53.1 Å². The first-order valence-electron chi connectivity index (χ1n) is 10.4. The van der Waals surface area contributed by atoms with Crippen molar-refractivity contribution in [2.45, 2.75) is 38.9 Å². The van der Waals surface area contributed by atoms with Crippen molar-refractivity contribution in [3.05, 3.63) is 77.2 Å². The van der Waals surface area contributed by atoms with Crippen molar-refractivity contribution in [1.82, 2.24) is 15.0 Å². The van der Waals surface area contributed by atoms with Gasteiger partial charge < -0.3 is 19.5 Å². The molecule has 1 aliphatic rings. The van der Waals surface area contributed by atoms with Gasteiger partial charge in [-0.25, -0.2) is 9.18 Å². The molecular weight excluding hydrogens is 399 g/mol. The summed E-state index contributed by atoms with van der Waals surface area (Å²) in [6.07, 6.45) is 1.70. The zero-order valence-electron chi connectivity index (χ0n) is 17.4. The number of amides is 2. The van der Waals surface area contributed by atoms with E-state index in [4.69, 9.17) is 9.26 Å². The first-order chi connectivity index (χ1) is 15.1. The molecule has 8 heteroatoms. The lowest BCUT2D eigenvalue weighted by molar-refractivity contribution is 0.0850. The summed E-state index contributed by atoms with van der Waals surface area (Å²) in [5.41, 5.74) is 1.97. The minimum Gasteiger partial charge on any atom is -0.367 e. The Kier molecular flexibility index (Phi) is 6.57. The zero-order chi connectivity index (χ0) is 21.6. The third-order valence-electron chi connectivity index (χ3n) is 5.40. The molecule has 1 aromatic heterocycles. The average Bonchev–Trinajstić information content (AvgIpc) is 3.27. The van der Waals surface area contributed by atoms with Crippen LogP contribution in [0.25, 0.3) is 0 Å². The Balaban J connectivity index is 1.32. The number of nitrogens with zero attached hydrogens (tertiary/aromatic N) is 3. The summed E-state index contributed by atoms with van der Waals surface area (Å²) in [6.45, 7) is 3.45. The summed E-state index contributed by atoms with van der Waals surface area (Å²) in [5.74, 6) is 0.642. The highest BCUT2D eigenvalue weighted by Gasteiger charge is 2.28. The topological polar surface area (TPSA) is 80.5 Å². The molecule has 1 aliphatic heterocycles. The second kappa shape index (κ2) is 9.70. The average molecular weight is 424 g/mol. The number of halogens is 1. The molecule has 1 N–H and O–H groups in total. The number of rotatable bonds is 6. The van der Waals surface area contributed by atoms with Crippen molar-refractivity contribution in [2.24, 2.45) is 0 Å². The number of nitrogens with one attached hydrogen (secondary N) is 1. The molecular formula is C23H25FN4O3. The molecule has 3 aromatic rings. The molecule has 0 saturated carbocycles. The molecule has 31 heavy (non-hydrogen) atoms. The van der Waals surface area contributed by atoms with E-state index in [-0.39, 0.29) is 24.4 Å². The molecule has 2 aromatic carbocycles. The van der Waals surface area contributed by atoms with E-state index in [1.807, 2.05) is 30.3 Å². The first-order valence-corrected chi connectivity index (χ1v) is 10.4. The highest BCUT2D eigenvalue weighted by Crippen LogP contribution is 2.26. The van der Waals surface area contributed by atoms with Gasteiger partial charge in [0.1, 0.15) is 12.4 Å². The first kappa shape index (κ1) is 21.0. The molecule has 0 radical (unpaired) electrons. The molecule has 4 rings (SSSR count). The van der Waals surface area contributed by atoms with Crippen molar-refractivity contribution >= 4 is 11.7 Å². The molecule has 162 valence electrons. The fourth-order valence-electron chi connectivity index (χ4n) is 3.63. The molecule has 1 saturated heterocycles. The number of hydrogen-bond donors (Lipinski definition) is 1. The lowest BCUT2D eigenvalue weighted by Gasteiger charge is -2.31. The number of anilines is 1. The molecule has 7 nitrogen and oxygen atoms in total. The monoisotopic (exact) mass is 424 g/mol. The van der Waals surface area contributed by atoms with Crippen LogP contribution in [-0.4, -0.2) is 34.2 Å². The molecule has 2 heterocycles. The number of benzene rings is 2. The van der Waals surface area contributed by atoms with Gasteiger partial charge in [0, 0.05) is 30.3 Å². The molecule has 1 atom stereocenters. The zero-order valence-corrected chi connectivity index (χ0v) is 17.4. The van der Waals surface area contributed by atoms with E-state index in [0.717, 1.165) is 18.4 Å². The van der Waals surface area contributed by atoms with Gasteiger partial charge in [-0.15, -0.1) is 0 Å². The number of carbonyl (C=O) groups is 1. The fraction of sp³-hybridized carbons (Fsp3) is 0.348. The number of piperidine rings is 1. The van der Waals surface area contributed by atoms with Gasteiger partial charge in [-0.2, -0.15) is 4.98 Å². The van der Waals surface area contributed by atoms with Crippen molar-refractivity contribution in [3.8, 4) is 0 Å². The van der Waals surface area contributed by atoms with Crippen LogP contribution in [0, 0.1) is 12.7 Å². The van der Waals surface area contributed by atoms with Crippen molar-refractivity contribution in [2.75, 3.05) is 18.4 Å². The summed E-state index contributed by atoms with van der Waals surface area (Å²) in [4.78, 5) is 18.9.